The van der Waals surface area contributed by atoms with Crippen molar-refractivity contribution in [1.29, 1.82) is 0 Å². The number of aromatic carboxylic acids is 1. The van der Waals surface area contributed by atoms with Crippen LogP contribution in [0.5, 0.6) is 5.75 Å². The van der Waals surface area contributed by atoms with Crippen molar-refractivity contribution in [2.24, 2.45) is 5.92 Å². The fourth-order valence-corrected chi connectivity index (χ4v) is 10.5. The number of phosphoric ester groups is 1. The van der Waals surface area contributed by atoms with Gasteiger partial charge >= 0.3 is 35.1 Å². The number of benzene rings is 3. The van der Waals surface area contributed by atoms with Crippen LogP contribution in [-0.2, 0) is 31.6 Å². The SMILES string of the molecule is O=C(CCCCCNC(=O)c1ccc(-c2c3ccc(=O)cc-3oc3cc(O)ccc23)c(C(=O)O)c1)NC/C=C/c1cn([C@H]2CC(O)[C@@H](COP(=O)(O)OP(=O)(O)OP(=O)(O)O)C2)c(=O)[nH]c1=O. The number of aliphatic hydroxyl groups is 1. The number of nitrogens with zero attached hydrogens (tertiary/aromatic N) is 1. The molecule has 27 heteroatoms. The number of carbonyl (C=O) groups is 3. The molecule has 1 aromatic heterocycles. The van der Waals surface area contributed by atoms with E-state index in [1.54, 1.807) is 6.07 Å². The van der Waals surface area contributed by atoms with Crippen LogP contribution >= 0.6 is 23.5 Å². The summed E-state index contributed by atoms with van der Waals surface area (Å²) in [4.78, 5) is 114. The number of phenolic OH excluding ortho intramolecular Hbond substituents is 1. The second kappa shape index (κ2) is 21.0. The third kappa shape index (κ3) is 13.4. The van der Waals surface area contributed by atoms with Crippen LogP contribution in [-0.4, -0.2) is 88.0 Å². The average Bonchev–Trinajstić information content (AvgIpc) is 3.60. The van der Waals surface area contributed by atoms with E-state index in [9.17, 15) is 67.6 Å². The zero-order valence-corrected chi connectivity index (χ0v) is 37.4. The lowest BCUT2D eigenvalue weighted by Crippen LogP contribution is -2.33. The van der Waals surface area contributed by atoms with Gasteiger partial charge in [-0.05, 0) is 67.6 Å². The number of carbonyl (C=O) groups excluding carboxylic acids is 2. The van der Waals surface area contributed by atoms with Gasteiger partial charge < -0.3 is 49.9 Å². The van der Waals surface area contributed by atoms with Crippen molar-refractivity contribution in [3.05, 3.63) is 115 Å². The van der Waals surface area contributed by atoms with Crippen molar-refractivity contribution in [3.8, 4) is 28.2 Å². The van der Waals surface area contributed by atoms with E-state index in [2.05, 4.69) is 28.8 Å². The number of hydrogen-bond donors (Lipinski definition) is 10. The molecular weight excluding hydrogens is 949 g/mol. The van der Waals surface area contributed by atoms with Gasteiger partial charge in [-0.15, -0.1) is 0 Å². The van der Waals surface area contributed by atoms with Crippen LogP contribution in [0.25, 0.3) is 39.5 Å². The number of fused-ring (bicyclic) bond motifs is 2. The Hall–Kier alpha value is -5.87. The van der Waals surface area contributed by atoms with E-state index in [0.717, 1.165) is 4.57 Å². The van der Waals surface area contributed by atoms with Gasteiger partial charge in [0.1, 0.15) is 17.1 Å². The van der Waals surface area contributed by atoms with Crippen LogP contribution in [0.15, 0.2) is 85.7 Å². The second-order valence-corrected chi connectivity index (χ2v) is 19.7. The summed E-state index contributed by atoms with van der Waals surface area (Å²) in [5.74, 6) is -3.01. The molecule has 0 saturated heterocycles. The number of H-pyrrole nitrogens is 1. The molecule has 10 N–H and O–H groups in total. The van der Waals surface area contributed by atoms with Gasteiger partial charge in [0, 0.05) is 71.9 Å². The number of aromatic amines is 1. The molecule has 2 amide bonds. The van der Waals surface area contributed by atoms with Crippen molar-refractivity contribution in [3.63, 3.8) is 0 Å². The first-order chi connectivity index (χ1) is 31.5. The topological polar surface area (TPSA) is 381 Å². The summed E-state index contributed by atoms with van der Waals surface area (Å²) in [6.07, 6.45) is 4.27. The van der Waals surface area contributed by atoms with Crippen LogP contribution in [0.2, 0.25) is 0 Å². The number of nitrogens with one attached hydrogen (secondary N) is 3. The van der Waals surface area contributed by atoms with E-state index in [1.807, 2.05) is 0 Å². The first-order valence-corrected chi connectivity index (χ1v) is 24.6. The van der Waals surface area contributed by atoms with Gasteiger partial charge in [-0.25, -0.2) is 23.3 Å². The maximum atomic E-state index is 13.1. The molecule has 0 spiro atoms. The highest BCUT2D eigenvalue weighted by Crippen LogP contribution is 2.66. The van der Waals surface area contributed by atoms with Crippen molar-refractivity contribution in [1.82, 2.24) is 20.2 Å². The van der Waals surface area contributed by atoms with Crippen molar-refractivity contribution in [2.75, 3.05) is 19.7 Å². The fourth-order valence-electron chi connectivity index (χ4n) is 7.43. The average molecular weight is 993 g/mol. The third-order valence-corrected chi connectivity index (χ3v) is 14.2. The molecule has 2 heterocycles. The van der Waals surface area contributed by atoms with E-state index in [0.29, 0.717) is 35.8 Å². The van der Waals surface area contributed by atoms with Gasteiger partial charge in [0.25, 0.3) is 11.5 Å². The number of carboxylic acid groups (broad SMARTS) is 1. The minimum Gasteiger partial charge on any atom is -0.508 e. The van der Waals surface area contributed by atoms with Gasteiger partial charge in [0.05, 0.1) is 23.8 Å². The molecule has 0 radical (unpaired) electrons. The van der Waals surface area contributed by atoms with E-state index < -0.39 is 71.3 Å². The molecule has 3 aromatic rings. The summed E-state index contributed by atoms with van der Waals surface area (Å²) in [5.41, 5.74) is -0.657. The largest absolute Gasteiger partial charge is 0.508 e. The van der Waals surface area contributed by atoms with Gasteiger partial charge in [-0.3, -0.25) is 33.3 Å². The minimum absolute atomic E-state index is 0.00606. The first kappa shape index (κ1) is 50.5. The number of hydrogen-bond acceptors (Lipinski definition) is 15. The third-order valence-electron chi connectivity index (χ3n) is 10.4. The quantitative estimate of drug-likeness (QED) is 0.0302. The van der Waals surface area contributed by atoms with Gasteiger partial charge in [-0.1, -0.05) is 24.6 Å². The minimum atomic E-state index is -5.75. The second-order valence-electron chi connectivity index (χ2n) is 15.2. The Morgan fingerprint density at radius 1 is 0.881 bits per heavy atom. The van der Waals surface area contributed by atoms with Crippen molar-refractivity contribution >= 4 is 58.3 Å². The Kier molecular flexibility index (Phi) is 15.8. The van der Waals surface area contributed by atoms with E-state index in [1.165, 1.54) is 66.9 Å². The normalized spacial score (nSPS) is 18.2. The number of carboxylic acids is 1. The molecule has 6 rings (SSSR count). The predicted octanol–water partition coefficient (Wildman–Crippen LogP) is 3.59. The highest BCUT2D eigenvalue weighted by molar-refractivity contribution is 7.66. The number of rotatable bonds is 20. The van der Waals surface area contributed by atoms with E-state index in [4.69, 9.17) is 14.2 Å². The summed E-state index contributed by atoms with van der Waals surface area (Å²) in [6, 6.07) is 11.9. The molecule has 0 bridgehead atoms. The molecule has 24 nitrogen and oxygen atoms in total. The Morgan fingerprint density at radius 3 is 2.36 bits per heavy atom. The number of phosphoric acid groups is 3. The van der Waals surface area contributed by atoms with Gasteiger partial charge in [0.15, 0.2) is 5.43 Å². The Bertz CT molecular complexity index is 3030. The maximum Gasteiger partial charge on any atom is 0.490 e. The van der Waals surface area contributed by atoms with Crippen LogP contribution in [0.3, 0.4) is 0 Å². The van der Waals surface area contributed by atoms with Crippen molar-refractivity contribution < 1.29 is 80.5 Å². The number of amides is 2. The standard InChI is InChI=1S/C40H43N4O20P3/c45-26-8-11-29-33(18-26)62-34-19-27(46)9-12-30(34)36(29)28-10-7-22(16-31(28)39(51)52)37(49)42-13-3-1-2-6-35(48)41-14-4-5-23-20-44(40(53)43-38(23)50)25-15-24(32(47)17-25)21-61-66(57,58)64-67(59,60)63-65(54,55)56/h4-5,7-12,16,18-20,24-25,32,45,47H,1-3,6,13-15,17,21H2,(H,41,48)(H,42,49)(H,51,52)(H,57,58)(H,59,60)(H,43,50,53)(H2,54,55,56)/b5-4+/t24-,25-,32?/m1/s1. The molecule has 1 saturated carbocycles. The summed E-state index contributed by atoms with van der Waals surface area (Å²) in [6.45, 7) is -0.531. The number of aromatic hydroxyl groups is 1. The summed E-state index contributed by atoms with van der Waals surface area (Å²) in [7, 11) is -16.8. The monoisotopic (exact) mass is 992 g/mol. The molecule has 5 atom stereocenters. The molecule has 2 aliphatic carbocycles. The molecule has 1 aliphatic heterocycles. The summed E-state index contributed by atoms with van der Waals surface area (Å²) < 4.78 is 53.4. The highest BCUT2D eigenvalue weighted by Gasteiger charge is 2.42. The molecule has 1 fully saturated rings. The lowest BCUT2D eigenvalue weighted by atomic mass is 9.90. The Labute approximate surface area is 377 Å². The molecule has 67 heavy (non-hydrogen) atoms. The van der Waals surface area contributed by atoms with Gasteiger partial charge in [0.2, 0.25) is 5.91 Å². The van der Waals surface area contributed by atoms with Crippen LogP contribution in [0.4, 0.5) is 0 Å². The summed E-state index contributed by atoms with van der Waals surface area (Å²) >= 11 is 0. The Balaban J connectivity index is 0.951. The number of aliphatic hydroxyl groups excluding tert-OH is 1. The maximum absolute atomic E-state index is 13.1. The Morgan fingerprint density at radius 2 is 1.63 bits per heavy atom. The first-order valence-electron chi connectivity index (χ1n) is 20.1. The van der Waals surface area contributed by atoms with Crippen molar-refractivity contribution in [2.45, 2.75) is 50.7 Å². The molecule has 2 aromatic carbocycles. The van der Waals surface area contributed by atoms with Gasteiger partial charge in [-0.2, -0.15) is 8.62 Å². The smallest absolute Gasteiger partial charge is 0.490 e. The zero-order valence-electron chi connectivity index (χ0n) is 34.8. The summed E-state index contributed by atoms with van der Waals surface area (Å²) in [5, 5.41) is 36.7. The number of unbranched alkanes of at least 4 members (excludes halogenated alkanes) is 2. The lowest BCUT2D eigenvalue weighted by molar-refractivity contribution is -0.121. The molecular formula is C40H43N4O20P3. The van der Waals surface area contributed by atoms with Crippen LogP contribution in [0, 0.1) is 5.92 Å². The highest BCUT2D eigenvalue weighted by atomic mass is 31.3. The number of phenols is 1. The predicted molar refractivity (Wildman–Crippen MR) is 235 cm³/mol. The number of aromatic nitrogens is 2. The van der Waals surface area contributed by atoms with Crippen LogP contribution in [0.1, 0.15) is 70.8 Å². The molecule has 358 valence electrons. The zero-order chi connectivity index (χ0) is 48.8. The van der Waals surface area contributed by atoms with Crippen LogP contribution < -0.4 is 27.3 Å². The molecule has 3 unspecified atom stereocenters. The van der Waals surface area contributed by atoms with E-state index >= 15 is 0 Å². The van der Waals surface area contributed by atoms with E-state index in [-0.39, 0.29) is 83.0 Å². The fraction of sp³-hybridized carbons (Fsp3) is 0.300. The lowest BCUT2D eigenvalue weighted by Gasteiger charge is -2.19. The molecule has 3 aliphatic rings.